The van der Waals surface area contributed by atoms with Crippen molar-refractivity contribution in [3.63, 3.8) is 0 Å². The van der Waals surface area contributed by atoms with E-state index in [-0.39, 0.29) is 17.5 Å². The standard InChI is InChI=1S/C27H21F3/c1-4-21-16-20(11-14-22(21)13-10-19-8-6-18(3)7-9-19)12-15-23-17-25(28)27(30)26(29)24(23)5-2/h6-9,11,14,16-17H,4-5H2,1-3H3. The summed E-state index contributed by atoms with van der Waals surface area (Å²) in [4.78, 5) is 0. The molecule has 3 aromatic rings. The average molecular weight is 402 g/mol. The molecule has 0 aliphatic rings. The molecule has 150 valence electrons. The topological polar surface area (TPSA) is 0 Å². The van der Waals surface area contributed by atoms with Crippen LogP contribution in [-0.2, 0) is 12.8 Å². The largest absolute Gasteiger partial charge is 0.204 e. The lowest BCUT2D eigenvalue weighted by molar-refractivity contribution is 0.441. The van der Waals surface area contributed by atoms with Crippen molar-refractivity contribution in [3.05, 3.63) is 105 Å². The molecule has 0 spiro atoms. The van der Waals surface area contributed by atoms with Gasteiger partial charge in [0, 0.05) is 27.8 Å². The normalized spacial score (nSPS) is 10.1. The third-order valence-corrected chi connectivity index (χ3v) is 4.84. The Morgan fingerprint density at radius 3 is 1.97 bits per heavy atom. The van der Waals surface area contributed by atoms with Gasteiger partial charge in [0.15, 0.2) is 17.5 Å². The van der Waals surface area contributed by atoms with E-state index in [1.165, 1.54) is 5.56 Å². The number of halogens is 3. The maximum Gasteiger partial charge on any atom is 0.194 e. The third kappa shape index (κ3) is 4.76. The first-order valence-electron chi connectivity index (χ1n) is 9.83. The van der Waals surface area contributed by atoms with E-state index in [0.717, 1.165) is 29.2 Å². The summed E-state index contributed by atoms with van der Waals surface area (Å²) in [6.45, 7) is 5.74. The molecule has 0 aliphatic carbocycles. The lowest BCUT2D eigenvalue weighted by Gasteiger charge is -2.05. The molecule has 3 heteroatoms. The van der Waals surface area contributed by atoms with E-state index in [1.54, 1.807) is 6.92 Å². The van der Waals surface area contributed by atoms with Crippen LogP contribution in [0.2, 0.25) is 0 Å². The van der Waals surface area contributed by atoms with Gasteiger partial charge in [-0.2, -0.15) is 0 Å². The van der Waals surface area contributed by atoms with Crippen LogP contribution in [0.1, 0.15) is 52.8 Å². The Bertz CT molecular complexity index is 1200. The second-order valence-corrected chi connectivity index (χ2v) is 6.96. The first-order valence-corrected chi connectivity index (χ1v) is 9.83. The molecule has 0 bridgehead atoms. The summed E-state index contributed by atoms with van der Waals surface area (Å²) in [5, 5.41) is 0. The quantitative estimate of drug-likeness (QED) is 0.347. The number of hydrogen-bond acceptors (Lipinski definition) is 0. The highest BCUT2D eigenvalue weighted by atomic mass is 19.2. The molecule has 0 unspecified atom stereocenters. The molecule has 0 heterocycles. The lowest BCUT2D eigenvalue weighted by atomic mass is 10.0. The van der Waals surface area contributed by atoms with Crippen molar-refractivity contribution in [2.75, 3.05) is 0 Å². The maximum absolute atomic E-state index is 14.0. The Morgan fingerprint density at radius 2 is 1.30 bits per heavy atom. The minimum Gasteiger partial charge on any atom is -0.204 e. The predicted octanol–water partition coefficient (Wildman–Crippen LogP) is 6.34. The number of rotatable bonds is 2. The summed E-state index contributed by atoms with van der Waals surface area (Å²) in [6, 6.07) is 14.6. The van der Waals surface area contributed by atoms with E-state index in [2.05, 4.69) is 23.7 Å². The fourth-order valence-corrected chi connectivity index (χ4v) is 3.09. The lowest BCUT2D eigenvalue weighted by Crippen LogP contribution is -2.01. The maximum atomic E-state index is 14.0. The van der Waals surface area contributed by atoms with Gasteiger partial charge in [0.25, 0.3) is 0 Å². The summed E-state index contributed by atoms with van der Waals surface area (Å²) >= 11 is 0. The molecule has 0 saturated carbocycles. The van der Waals surface area contributed by atoms with Gasteiger partial charge in [-0.25, -0.2) is 13.2 Å². The van der Waals surface area contributed by atoms with Crippen molar-refractivity contribution in [1.29, 1.82) is 0 Å². The highest BCUT2D eigenvalue weighted by Gasteiger charge is 2.16. The fraction of sp³-hybridized carbons (Fsp3) is 0.185. The van der Waals surface area contributed by atoms with Crippen LogP contribution in [0.5, 0.6) is 0 Å². The second kappa shape index (κ2) is 9.38. The summed E-state index contributed by atoms with van der Waals surface area (Å²) in [5.74, 6) is 8.24. The van der Waals surface area contributed by atoms with E-state index in [9.17, 15) is 13.2 Å². The van der Waals surface area contributed by atoms with Gasteiger partial charge in [-0.15, -0.1) is 0 Å². The molecule has 0 atom stereocenters. The van der Waals surface area contributed by atoms with Gasteiger partial charge in [-0.3, -0.25) is 0 Å². The fourth-order valence-electron chi connectivity index (χ4n) is 3.09. The molecule has 0 radical (unpaired) electrons. The van der Waals surface area contributed by atoms with E-state index >= 15 is 0 Å². The molecular weight excluding hydrogens is 381 g/mol. The Hall–Kier alpha value is -3.43. The van der Waals surface area contributed by atoms with E-state index in [0.29, 0.717) is 5.56 Å². The van der Waals surface area contributed by atoms with Gasteiger partial charge >= 0.3 is 0 Å². The van der Waals surface area contributed by atoms with Gasteiger partial charge in [0.1, 0.15) is 0 Å². The van der Waals surface area contributed by atoms with Crippen LogP contribution in [0.4, 0.5) is 13.2 Å². The number of aryl methyl sites for hydroxylation is 2. The van der Waals surface area contributed by atoms with Crippen molar-refractivity contribution in [3.8, 4) is 23.7 Å². The van der Waals surface area contributed by atoms with Crippen molar-refractivity contribution in [2.45, 2.75) is 33.6 Å². The smallest absolute Gasteiger partial charge is 0.194 e. The summed E-state index contributed by atoms with van der Waals surface area (Å²) < 4.78 is 41.0. The first-order chi connectivity index (χ1) is 14.4. The van der Waals surface area contributed by atoms with E-state index < -0.39 is 17.5 Å². The summed E-state index contributed by atoms with van der Waals surface area (Å²) in [6.07, 6.45) is 0.994. The minimum atomic E-state index is -1.46. The third-order valence-electron chi connectivity index (χ3n) is 4.84. The van der Waals surface area contributed by atoms with Gasteiger partial charge in [-0.05, 0) is 61.7 Å². The zero-order chi connectivity index (χ0) is 21.7. The molecule has 0 aromatic heterocycles. The molecule has 0 aliphatic heterocycles. The second-order valence-electron chi connectivity index (χ2n) is 6.96. The van der Waals surface area contributed by atoms with Crippen molar-refractivity contribution in [1.82, 2.24) is 0 Å². The van der Waals surface area contributed by atoms with E-state index in [1.807, 2.05) is 56.3 Å². The van der Waals surface area contributed by atoms with Crippen LogP contribution >= 0.6 is 0 Å². The average Bonchev–Trinajstić information content (AvgIpc) is 2.76. The SMILES string of the molecule is CCc1cc(C#Cc2cc(F)c(F)c(F)c2CC)ccc1C#Cc1ccc(C)cc1. The zero-order valence-corrected chi connectivity index (χ0v) is 17.2. The zero-order valence-electron chi connectivity index (χ0n) is 17.2. The van der Waals surface area contributed by atoms with Crippen LogP contribution < -0.4 is 0 Å². The van der Waals surface area contributed by atoms with Crippen LogP contribution in [0.15, 0.2) is 48.5 Å². The highest BCUT2D eigenvalue weighted by Crippen LogP contribution is 2.20. The van der Waals surface area contributed by atoms with E-state index in [4.69, 9.17) is 0 Å². The number of benzene rings is 3. The van der Waals surface area contributed by atoms with Gasteiger partial charge in [0.2, 0.25) is 0 Å². The summed E-state index contributed by atoms with van der Waals surface area (Å²) in [5.41, 5.74) is 5.03. The van der Waals surface area contributed by atoms with Gasteiger partial charge < -0.3 is 0 Å². The van der Waals surface area contributed by atoms with Crippen molar-refractivity contribution in [2.24, 2.45) is 0 Å². The molecule has 0 N–H and O–H groups in total. The Balaban J connectivity index is 1.93. The molecular formula is C27H21F3. The molecule has 30 heavy (non-hydrogen) atoms. The highest BCUT2D eigenvalue weighted by molar-refractivity contribution is 5.53. The van der Waals surface area contributed by atoms with Gasteiger partial charge in [0.05, 0.1) is 0 Å². The molecule has 0 saturated heterocycles. The first kappa shape index (κ1) is 21.3. The Kier molecular flexibility index (Phi) is 6.65. The number of hydrogen-bond donors (Lipinski definition) is 0. The van der Waals surface area contributed by atoms with Crippen molar-refractivity contribution >= 4 is 0 Å². The van der Waals surface area contributed by atoms with Crippen LogP contribution in [-0.4, -0.2) is 0 Å². The molecule has 3 rings (SSSR count). The predicted molar refractivity (Wildman–Crippen MR) is 115 cm³/mol. The van der Waals surface area contributed by atoms with Crippen LogP contribution in [0, 0.1) is 48.1 Å². The minimum absolute atomic E-state index is 0.0812. The van der Waals surface area contributed by atoms with Crippen molar-refractivity contribution < 1.29 is 13.2 Å². The van der Waals surface area contributed by atoms with Gasteiger partial charge in [-0.1, -0.05) is 55.2 Å². The molecule has 0 fully saturated rings. The Labute approximate surface area is 175 Å². The molecule has 0 nitrogen and oxygen atoms in total. The Morgan fingerprint density at radius 1 is 0.667 bits per heavy atom. The molecule has 3 aromatic carbocycles. The van der Waals surface area contributed by atoms with Crippen LogP contribution in [0.3, 0.4) is 0 Å². The summed E-state index contributed by atoms with van der Waals surface area (Å²) in [7, 11) is 0. The monoisotopic (exact) mass is 402 g/mol. The molecule has 0 amide bonds. The van der Waals surface area contributed by atoms with Crippen LogP contribution in [0.25, 0.3) is 0 Å².